The van der Waals surface area contributed by atoms with E-state index in [0.717, 1.165) is 24.2 Å². The van der Waals surface area contributed by atoms with E-state index in [0.29, 0.717) is 18.3 Å². The highest BCUT2D eigenvalue weighted by molar-refractivity contribution is 7.89. The quantitative estimate of drug-likeness (QED) is 0.718. The number of methoxy groups -OCH3 is 1. The summed E-state index contributed by atoms with van der Waals surface area (Å²) < 4.78 is 28.1. The number of primary sulfonamides is 1. The first-order chi connectivity index (χ1) is 12.8. The maximum Gasteiger partial charge on any atom is 0.238 e. The van der Waals surface area contributed by atoms with Crippen LogP contribution in [0.4, 0.5) is 5.69 Å². The molecule has 27 heavy (non-hydrogen) atoms. The summed E-state index contributed by atoms with van der Waals surface area (Å²) in [6.07, 6.45) is 2.15. The molecule has 2 aromatic carbocycles. The number of rotatable bonds is 8. The summed E-state index contributed by atoms with van der Waals surface area (Å²) >= 11 is 0. The lowest BCUT2D eigenvalue weighted by atomic mass is 10.2. The standard InChI is InChI=1S/C19H23N3O4S/c1-26-17-9-5-14(6-10-17)12-22(16-7-8-16)13-19(23)21-15-3-2-4-18(11-15)27(20,24)25/h2-6,9-11,16H,7-8,12-13H2,1H3,(H,21,23)(H2,20,24,25). The van der Waals surface area contributed by atoms with E-state index < -0.39 is 10.0 Å². The molecule has 0 bridgehead atoms. The van der Waals surface area contributed by atoms with Gasteiger partial charge in [0.05, 0.1) is 18.6 Å². The Morgan fingerprint density at radius 1 is 1.22 bits per heavy atom. The van der Waals surface area contributed by atoms with Crippen molar-refractivity contribution in [3.05, 3.63) is 54.1 Å². The third kappa shape index (κ3) is 5.53. The minimum atomic E-state index is -3.81. The SMILES string of the molecule is COc1ccc(CN(CC(=O)Nc2cccc(S(N)(=O)=O)c2)C2CC2)cc1. The zero-order chi connectivity index (χ0) is 19.4. The Labute approximate surface area is 159 Å². The molecule has 0 aromatic heterocycles. The first-order valence-electron chi connectivity index (χ1n) is 8.65. The van der Waals surface area contributed by atoms with Crippen LogP contribution in [0.2, 0.25) is 0 Å². The molecule has 0 aliphatic heterocycles. The normalized spacial score (nSPS) is 14.2. The maximum absolute atomic E-state index is 12.5. The molecule has 0 radical (unpaired) electrons. The van der Waals surface area contributed by atoms with Crippen molar-refractivity contribution in [2.24, 2.45) is 5.14 Å². The minimum Gasteiger partial charge on any atom is -0.497 e. The topological polar surface area (TPSA) is 102 Å². The van der Waals surface area contributed by atoms with E-state index in [2.05, 4.69) is 10.2 Å². The second-order valence-corrected chi connectivity index (χ2v) is 8.17. The van der Waals surface area contributed by atoms with Gasteiger partial charge in [-0.3, -0.25) is 9.69 Å². The molecule has 0 atom stereocenters. The molecule has 1 saturated carbocycles. The molecule has 144 valence electrons. The summed E-state index contributed by atoms with van der Waals surface area (Å²) in [6, 6.07) is 14.1. The molecule has 7 nitrogen and oxygen atoms in total. The number of anilines is 1. The Balaban J connectivity index is 1.63. The first-order valence-corrected chi connectivity index (χ1v) is 10.2. The number of amides is 1. The van der Waals surface area contributed by atoms with E-state index >= 15 is 0 Å². The van der Waals surface area contributed by atoms with Crippen LogP contribution < -0.4 is 15.2 Å². The molecule has 0 unspecified atom stereocenters. The van der Waals surface area contributed by atoms with Gasteiger partial charge in [0, 0.05) is 18.3 Å². The second-order valence-electron chi connectivity index (χ2n) is 6.61. The van der Waals surface area contributed by atoms with Crippen LogP contribution in [-0.2, 0) is 21.4 Å². The van der Waals surface area contributed by atoms with Gasteiger partial charge in [-0.25, -0.2) is 13.6 Å². The van der Waals surface area contributed by atoms with E-state index in [1.54, 1.807) is 19.2 Å². The lowest BCUT2D eigenvalue weighted by Crippen LogP contribution is -2.34. The zero-order valence-electron chi connectivity index (χ0n) is 15.1. The summed E-state index contributed by atoms with van der Waals surface area (Å²) in [5.74, 6) is 0.603. The van der Waals surface area contributed by atoms with Crippen molar-refractivity contribution in [1.82, 2.24) is 4.90 Å². The highest BCUT2D eigenvalue weighted by Crippen LogP contribution is 2.28. The van der Waals surface area contributed by atoms with Crippen LogP contribution in [0.5, 0.6) is 5.75 Å². The summed E-state index contributed by atoms with van der Waals surface area (Å²) in [5, 5.41) is 7.89. The minimum absolute atomic E-state index is 0.0300. The number of carbonyl (C=O) groups is 1. The second kappa shape index (κ2) is 8.08. The molecule has 0 spiro atoms. The number of nitrogens with zero attached hydrogens (tertiary/aromatic N) is 1. The van der Waals surface area contributed by atoms with Gasteiger partial charge in [0.2, 0.25) is 15.9 Å². The fourth-order valence-electron chi connectivity index (χ4n) is 2.86. The van der Waals surface area contributed by atoms with Crippen LogP contribution in [0.3, 0.4) is 0 Å². The van der Waals surface area contributed by atoms with Gasteiger partial charge in [-0.1, -0.05) is 18.2 Å². The molecule has 1 aliphatic carbocycles. The number of hydrogen-bond acceptors (Lipinski definition) is 5. The number of sulfonamides is 1. The highest BCUT2D eigenvalue weighted by Gasteiger charge is 2.30. The third-order valence-electron chi connectivity index (χ3n) is 4.40. The monoisotopic (exact) mass is 389 g/mol. The fraction of sp³-hybridized carbons (Fsp3) is 0.316. The van der Waals surface area contributed by atoms with E-state index in [4.69, 9.17) is 9.88 Å². The van der Waals surface area contributed by atoms with Gasteiger partial charge in [-0.05, 0) is 48.7 Å². The maximum atomic E-state index is 12.5. The van der Waals surface area contributed by atoms with Crippen molar-refractivity contribution in [2.75, 3.05) is 19.0 Å². The number of hydrogen-bond donors (Lipinski definition) is 2. The van der Waals surface area contributed by atoms with Gasteiger partial charge in [-0.15, -0.1) is 0 Å². The Morgan fingerprint density at radius 3 is 2.52 bits per heavy atom. The van der Waals surface area contributed by atoms with Crippen molar-refractivity contribution in [3.63, 3.8) is 0 Å². The molecule has 2 aromatic rings. The van der Waals surface area contributed by atoms with Crippen LogP contribution in [0.1, 0.15) is 18.4 Å². The number of carbonyl (C=O) groups excluding carboxylic acids is 1. The third-order valence-corrected chi connectivity index (χ3v) is 5.31. The van der Waals surface area contributed by atoms with Crippen LogP contribution in [0.25, 0.3) is 0 Å². The van der Waals surface area contributed by atoms with Crippen molar-refractivity contribution < 1.29 is 17.9 Å². The van der Waals surface area contributed by atoms with Crippen molar-refractivity contribution in [1.29, 1.82) is 0 Å². The van der Waals surface area contributed by atoms with Crippen molar-refractivity contribution >= 4 is 21.6 Å². The Morgan fingerprint density at radius 2 is 1.93 bits per heavy atom. The van der Waals surface area contributed by atoms with Gasteiger partial charge in [-0.2, -0.15) is 0 Å². The predicted molar refractivity (Wildman–Crippen MR) is 103 cm³/mol. The Bertz CT molecular complexity index is 909. The molecule has 0 heterocycles. The Kier molecular flexibility index (Phi) is 5.79. The van der Waals surface area contributed by atoms with Crippen molar-refractivity contribution in [2.45, 2.75) is 30.3 Å². The lowest BCUT2D eigenvalue weighted by molar-refractivity contribution is -0.117. The summed E-state index contributed by atoms with van der Waals surface area (Å²) in [7, 11) is -2.18. The molecule has 1 aliphatic rings. The first kappa shape index (κ1) is 19.3. The molecular formula is C19H23N3O4S. The highest BCUT2D eigenvalue weighted by atomic mass is 32.2. The summed E-state index contributed by atoms with van der Waals surface area (Å²) in [6.45, 7) is 0.898. The fourth-order valence-corrected chi connectivity index (χ4v) is 3.41. The number of nitrogens with two attached hydrogens (primary N) is 1. The molecular weight excluding hydrogens is 366 g/mol. The van der Waals surface area contributed by atoms with Crippen LogP contribution in [-0.4, -0.2) is 38.9 Å². The molecule has 3 N–H and O–H groups in total. The van der Waals surface area contributed by atoms with E-state index in [9.17, 15) is 13.2 Å². The van der Waals surface area contributed by atoms with Gasteiger partial charge in [0.15, 0.2) is 0 Å². The number of ether oxygens (including phenoxy) is 1. The molecule has 3 rings (SSSR count). The van der Waals surface area contributed by atoms with E-state index in [-0.39, 0.29) is 17.3 Å². The average Bonchev–Trinajstić information content (AvgIpc) is 3.46. The van der Waals surface area contributed by atoms with Gasteiger partial charge >= 0.3 is 0 Å². The largest absolute Gasteiger partial charge is 0.497 e. The van der Waals surface area contributed by atoms with Gasteiger partial charge in [0.1, 0.15) is 5.75 Å². The van der Waals surface area contributed by atoms with Crippen LogP contribution in [0, 0.1) is 0 Å². The predicted octanol–water partition coefficient (Wildman–Crippen LogP) is 1.95. The molecule has 1 amide bonds. The average molecular weight is 389 g/mol. The summed E-state index contributed by atoms with van der Waals surface area (Å²) in [4.78, 5) is 14.5. The zero-order valence-corrected chi connectivity index (χ0v) is 15.9. The Hall–Kier alpha value is -2.42. The summed E-state index contributed by atoms with van der Waals surface area (Å²) in [5.41, 5.74) is 1.51. The van der Waals surface area contributed by atoms with Crippen LogP contribution in [0.15, 0.2) is 53.4 Å². The van der Waals surface area contributed by atoms with Gasteiger partial charge < -0.3 is 10.1 Å². The number of benzene rings is 2. The van der Waals surface area contributed by atoms with Crippen LogP contribution >= 0.6 is 0 Å². The lowest BCUT2D eigenvalue weighted by Gasteiger charge is -2.21. The van der Waals surface area contributed by atoms with Gasteiger partial charge in [0.25, 0.3) is 0 Å². The number of nitrogens with one attached hydrogen (secondary N) is 1. The van der Waals surface area contributed by atoms with Crippen molar-refractivity contribution in [3.8, 4) is 5.75 Å². The smallest absolute Gasteiger partial charge is 0.238 e. The van der Waals surface area contributed by atoms with E-state index in [1.165, 1.54) is 12.1 Å². The molecule has 1 fully saturated rings. The molecule has 0 saturated heterocycles. The molecule has 8 heteroatoms. The van der Waals surface area contributed by atoms with E-state index in [1.807, 2.05) is 24.3 Å².